The second-order valence-corrected chi connectivity index (χ2v) is 10.8. The molecule has 0 heterocycles. The van der Waals surface area contributed by atoms with Gasteiger partial charge in [0.05, 0.1) is 23.5 Å². The van der Waals surface area contributed by atoms with Gasteiger partial charge in [0.15, 0.2) is 0 Å². The Bertz CT molecular complexity index is 1710. The molecule has 3 rings (SSSR count). The van der Waals surface area contributed by atoms with Crippen LogP contribution >= 0.6 is 0 Å². The SMILES string of the molecule is CC(=N)c1cc(NC(=O)C2CCC2C(=O)Nc2cc(/C(C)=N/N=C(N)N)cc(/C(C)=N/N=C(N)N)c2)cc(/C(C)=N/N=C(N)N)c1.CN.N=CN. The summed E-state index contributed by atoms with van der Waals surface area (Å²) in [5.74, 6) is -2.46. The van der Waals surface area contributed by atoms with Gasteiger partial charge in [-0.05, 0) is 89.5 Å². The lowest BCUT2D eigenvalue weighted by Gasteiger charge is -2.34. The van der Waals surface area contributed by atoms with Crippen LogP contribution in [0.1, 0.15) is 62.8 Å². The predicted molar refractivity (Wildman–Crippen MR) is 206 cm³/mol. The summed E-state index contributed by atoms with van der Waals surface area (Å²) in [4.78, 5) is 26.8. The minimum atomic E-state index is -0.586. The Hall–Kier alpha value is -6.70. The minimum absolute atomic E-state index is 0.201. The fourth-order valence-electron chi connectivity index (χ4n) is 4.41. The van der Waals surface area contributed by atoms with Crippen molar-refractivity contribution in [2.45, 2.75) is 40.5 Å². The van der Waals surface area contributed by atoms with Crippen LogP contribution in [0.5, 0.6) is 0 Å². The van der Waals surface area contributed by atoms with Gasteiger partial charge in [0.25, 0.3) is 0 Å². The zero-order valence-electron chi connectivity index (χ0n) is 29.2. The zero-order valence-corrected chi connectivity index (χ0v) is 29.2. The van der Waals surface area contributed by atoms with Crippen LogP contribution in [0.3, 0.4) is 0 Å². The van der Waals surface area contributed by atoms with Crippen LogP contribution < -0.4 is 56.5 Å². The first-order valence-corrected chi connectivity index (χ1v) is 15.2. The van der Waals surface area contributed by atoms with E-state index in [2.05, 4.69) is 52.7 Å². The molecule has 2 amide bonds. The number of amides is 2. The van der Waals surface area contributed by atoms with Crippen molar-refractivity contribution in [3.63, 3.8) is 0 Å². The minimum Gasteiger partial charge on any atom is -0.390 e. The molecular formula is C31H48N18O2. The molecule has 0 spiro atoms. The maximum Gasteiger partial charge on any atom is 0.228 e. The van der Waals surface area contributed by atoms with E-state index in [9.17, 15) is 9.59 Å². The number of rotatable bonds is 11. The maximum absolute atomic E-state index is 13.4. The highest BCUT2D eigenvalue weighted by atomic mass is 16.2. The van der Waals surface area contributed by atoms with Crippen molar-refractivity contribution in [2.24, 2.45) is 88.3 Å². The second-order valence-electron chi connectivity index (χ2n) is 10.8. The van der Waals surface area contributed by atoms with Gasteiger partial charge in [0.2, 0.25) is 29.7 Å². The van der Waals surface area contributed by atoms with Crippen LogP contribution in [0.4, 0.5) is 11.4 Å². The molecule has 2 aromatic carbocycles. The lowest BCUT2D eigenvalue weighted by Crippen LogP contribution is -2.43. The molecule has 2 unspecified atom stereocenters. The van der Waals surface area contributed by atoms with Gasteiger partial charge in [-0.2, -0.15) is 15.3 Å². The molecule has 0 aromatic heterocycles. The Morgan fingerprint density at radius 2 is 0.882 bits per heavy atom. The van der Waals surface area contributed by atoms with Gasteiger partial charge in [0.1, 0.15) is 0 Å². The molecule has 0 radical (unpaired) electrons. The van der Waals surface area contributed by atoms with E-state index in [1.807, 2.05) is 0 Å². The van der Waals surface area contributed by atoms with E-state index in [4.69, 9.17) is 45.2 Å². The predicted octanol–water partition coefficient (Wildman–Crippen LogP) is -0.203. The summed E-state index contributed by atoms with van der Waals surface area (Å²) in [5, 5.41) is 42.8. The molecule has 51 heavy (non-hydrogen) atoms. The lowest BCUT2D eigenvalue weighted by atomic mass is 9.72. The lowest BCUT2D eigenvalue weighted by molar-refractivity contribution is -0.134. The van der Waals surface area contributed by atoms with E-state index in [1.165, 1.54) is 7.05 Å². The third-order valence-electron chi connectivity index (χ3n) is 6.98. The number of nitrogens with two attached hydrogens (primary N) is 8. The number of nitrogens with zero attached hydrogens (tertiary/aromatic N) is 6. The van der Waals surface area contributed by atoms with Crippen molar-refractivity contribution in [2.75, 3.05) is 17.7 Å². The summed E-state index contributed by atoms with van der Waals surface area (Å²) in [5.41, 5.74) is 46.2. The number of benzene rings is 2. The van der Waals surface area contributed by atoms with E-state index >= 15 is 0 Å². The van der Waals surface area contributed by atoms with Crippen molar-refractivity contribution in [1.82, 2.24) is 0 Å². The summed E-state index contributed by atoms with van der Waals surface area (Å²) in [6.45, 7) is 6.72. The standard InChI is InChI=1S/C29H39N15O2.CH4N2.CH5N/c1-13(30)17-7-18(14(2)39-42-27(31)32)10-21(9-17)37-25(45)23-5-6-24(23)26(46)38-22-11-19(15(3)40-43-28(33)34)8-20(12-22)16(4)41-44-29(35)36;2-1-3;1-2/h7-12,23-24,30H,5-6H2,1-4H3,(H,37,45)(H,38,46)(H4,31,32,42)(H4,33,34,43)(H4,35,36,44);1H,(H3,2,3);2H2,1H3/b30-13?,39-14+,40-15+,41-16+;;. The van der Waals surface area contributed by atoms with Crippen molar-refractivity contribution in [3.05, 3.63) is 58.7 Å². The van der Waals surface area contributed by atoms with Gasteiger partial charge in [-0.15, -0.1) is 15.3 Å². The van der Waals surface area contributed by atoms with Gasteiger partial charge in [-0.3, -0.25) is 15.0 Å². The quantitative estimate of drug-likeness (QED) is 0.0829. The Balaban J connectivity index is 0.00000246. The molecular weight excluding hydrogens is 656 g/mol. The summed E-state index contributed by atoms with van der Waals surface area (Å²) in [7, 11) is 1.50. The van der Waals surface area contributed by atoms with Crippen LogP contribution in [0.15, 0.2) is 67.0 Å². The number of carbonyl (C=O) groups excluding carboxylic acids is 2. The summed E-state index contributed by atoms with van der Waals surface area (Å²) < 4.78 is 0. The summed E-state index contributed by atoms with van der Waals surface area (Å²) >= 11 is 0. The van der Waals surface area contributed by atoms with Crippen LogP contribution in [-0.2, 0) is 9.59 Å². The van der Waals surface area contributed by atoms with Gasteiger partial charge < -0.3 is 61.9 Å². The first-order valence-electron chi connectivity index (χ1n) is 15.2. The molecule has 1 saturated carbocycles. The smallest absolute Gasteiger partial charge is 0.228 e. The largest absolute Gasteiger partial charge is 0.390 e. The Morgan fingerprint density at radius 3 is 1.14 bits per heavy atom. The Morgan fingerprint density at radius 1 is 0.608 bits per heavy atom. The number of guanidine groups is 3. The summed E-state index contributed by atoms with van der Waals surface area (Å²) in [6.07, 6.45) is 1.78. The van der Waals surface area contributed by atoms with E-state index in [0.29, 0.717) is 63.6 Å². The van der Waals surface area contributed by atoms with Gasteiger partial charge >= 0.3 is 0 Å². The maximum atomic E-state index is 13.4. The van der Waals surface area contributed by atoms with E-state index in [0.717, 1.165) is 6.34 Å². The molecule has 1 fully saturated rings. The Labute approximate surface area is 295 Å². The third-order valence-corrected chi connectivity index (χ3v) is 6.98. The highest BCUT2D eigenvalue weighted by Gasteiger charge is 2.41. The molecule has 0 aliphatic heterocycles. The highest BCUT2D eigenvalue weighted by molar-refractivity contribution is 6.08. The fourth-order valence-corrected chi connectivity index (χ4v) is 4.41. The normalized spacial score (nSPS) is 15.1. The van der Waals surface area contributed by atoms with Crippen LogP contribution in [0.2, 0.25) is 0 Å². The number of nitrogens with one attached hydrogen (secondary N) is 4. The van der Waals surface area contributed by atoms with Crippen LogP contribution in [0.25, 0.3) is 0 Å². The van der Waals surface area contributed by atoms with Crippen molar-refractivity contribution < 1.29 is 9.59 Å². The number of hydrogen-bond donors (Lipinski definition) is 12. The number of anilines is 2. The van der Waals surface area contributed by atoms with Gasteiger partial charge in [-0.1, -0.05) is 0 Å². The van der Waals surface area contributed by atoms with E-state index in [-0.39, 0.29) is 35.4 Å². The molecule has 20 nitrogen and oxygen atoms in total. The van der Waals surface area contributed by atoms with Crippen molar-refractivity contribution >= 4 is 70.3 Å². The molecule has 2 atom stereocenters. The van der Waals surface area contributed by atoms with E-state index in [1.54, 1.807) is 64.1 Å². The monoisotopic (exact) mass is 704 g/mol. The number of carbonyl (C=O) groups is 2. The highest BCUT2D eigenvalue weighted by Crippen LogP contribution is 2.36. The third kappa shape index (κ3) is 13.7. The number of hydrogen-bond acceptors (Lipinski definition) is 11. The summed E-state index contributed by atoms with van der Waals surface area (Å²) in [6, 6.07) is 10.3. The first kappa shape index (κ1) is 42.3. The van der Waals surface area contributed by atoms with Crippen LogP contribution in [0, 0.1) is 22.7 Å². The molecule has 20 heteroatoms. The molecule has 20 N–H and O–H groups in total. The molecule has 1 aliphatic rings. The van der Waals surface area contributed by atoms with Gasteiger partial charge in [-0.25, -0.2) is 0 Å². The Kier molecular flexibility index (Phi) is 17.1. The van der Waals surface area contributed by atoms with Gasteiger partial charge in [0, 0.05) is 45.6 Å². The molecule has 0 saturated heterocycles. The second kappa shape index (κ2) is 20.6. The zero-order chi connectivity index (χ0) is 38.8. The molecule has 274 valence electrons. The van der Waals surface area contributed by atoms with E-state index < -0.39 is 11.8 Å². The topological polar surface area (TPSA) is 388 Å². The average Bonchev–Trinajstić information content (AvgIpc) is 3.05. The van der Waals surface area contributed by atoms with Crippen molar-refractivity contribution in [1.29, 1.82) is 10.8 Å². The van der Waals surface area contributed by atoms with Crippen LogP contribution in [-0.4, -0.2) is 65.9 Å². The fraction of sp³-hybridized carbons (Fsp3) is 0.290. The van der Waals surface area contributed by atoms with Crippen molar-refractivity contribution in [3.8, 4) is 0 Å². The average molecular weight is 705 g/mol. The molecule has 0 bridgehead atoms. The molecule has 2 aromatic rings. The molecule has 1 aliphatic carbocycles. The first-order chi connectivity index (χ1) is 24.1.